The minimum atomic E-state index is -0.0219. The second kappa shape index (κ2) is 8.97. The first-order valence-electron chi connectivity index (χ1n) is 14.2. The first kappa shape index (κ1) is 23.8. The quantitative estimate of drug-likeness (QED) is 0.215. The Labute approximate surface area is 240 Å². The van der Waals surface area contributed by atoms with Gasteiger partial charge in [-0.25, -0.2) is 9.97 Å². The Balaban J connectivity index is 1.49. The summed E-state index contributed by atoms with van der Waals surface area (Å²) in [5, 5.41) is 4.84. The Kier molecular flexibility index (Phi) is 5.20. The lowest BCUT2D eigenvalue weighted by atomic mass is 9.81. The van der Waals surface area contributed by atoms with Crippen molar-refractivity contribution in [1.29, 1.82) is 0 Å². The molecule has 1 aliphatic rings. The van der Waals surface area contributed by atoms with Crippen LogP contribution in [0.2, 0.25) is 0 Å². The number of nitrogens with zero attached hydrogens (tertiary/aromatic N) is 2. The molecule has 41 heavy (non-hydrogen) atoms. The molecule has 1 heterocycles. The normalized spacial score (nSPS) is 13.3. The Morgan fingerprint density at radius 2 is 1.17 bits per heavy atom. The molecule has 0 N–H and O–H groups in total. The van der Waals surface area contributed by atoms with Crippen molar-refractivity contribution in [1.82, 2.24) is 9.97 Å². The summed E-state index contributed by atoms with van der Waals surface area (Å²) in [6, 6.07) is 44.3. The Morgan fingerprint density at radius 3 is 1.98 bits per heavy atom. The van der Waals surface area contributed by atoms with Crippen molar-refractivity contribution in [3.8, 4) is 44.6 Å². The molecule has 0 fully saturated rings. The number of fused-ring (bicyclic) bond motifs is 5. The van der Waals surface area contributed by atoms with Crippen LogP contribution in [-0.4, -0.2) is 9.97 Å². The molecule has 1 aromatic heterocycles. The lowest BCUT2D eigenvalue weighted by molar-refractivity contribution is 0.660. The second-order valence-corrected chi connectivity index (χ2v) is 11.4. The van der Waals surface area contributed by atoms with E-state index in [1.54, 1.807) is 6.33 Å². The van der Waals surface area contributed by atoms with Crippen molar-refractivity contribution in [2.45, 2.75) is 19.3 Å². The average Bonchev–Trinajstić information content (AvgIpc) is 3.26. The van der Waals surface area contributed by atoms with Gasteiger partial charge in [0, 0.05) is 17.2 Å². The summed E-state index contributed by atoms with van der Waals surface area (Å²) in [5.74, 6) is 0. The fourth-order valence-electron chi connectivity index (χ4n) is 6.89. The molecule has 0 saturated heterocycles. The highest BCUT2D eigenvalue weighted by atomic mass is 14.8. The van der Waals surface area contributed by atoms with E-state index in [0.29, 0.717) is 0 Å². The summed E-state index contributed by atoms with van der Waals surface area (Å²) in [6.07, 6.45) is 3.47. The molecule has 0 radical (unpaired) electrons. The van der Waals surface area contributed by atoms with Crippen LogP contribution in [0.25, 0.3) is 66.2 Å². The third-order valence-corrected chi connectivity index (χ3v) is 8.84. The Hall–Kier alpha value is -5.08. The first-order valence-corrected chi connectivity index (χ1v) is 14.2. The molecule has 2 nitrogen and oxygen atoms in total. The van der Waals surface area contributed by atoms with Gasteiger partial charge >= 0.3 is 0 Å². The largest absolute Gasteiger partial charge is 0.245 e. The standard InChI is InChI=1S/C39H28N2/c1-39(2)34-15-9-8-12-28(34)32-23-27(17-19-35(32)39)37-29-13-6-7-14-30(29)38(36-20-21-40-24-41-36)31-18-16-26(22-33(31)37)25-10-4-3-5-11-25/h3-24H,1-2H3. The van der Waals surface area contributed by atoms with Crippen molar-refractivity contribution < 1.29 is 0 Å². The maximum absolute atomic E-state index is 4.71. The van der Waals surface area contributed by atoms with Crippen LogP contribution in [0.3, 0.4) is 0 Å². The highest BCUT2D eigenvalue weighted by molar-refractivity contribution is 6.21. The zero-order valence-corrected chi connectivity index (χ0v) is 23.1. The topological polar surface area (TPSA) is 25.8 Å². The third kappa shape index (κ3) is 3.57. The Morgan fingerprint density at radius 1 is 0.488 bits per heavy atom. The van der Waals surface area contributed by atoms with Crippen LogP contribution in [0.15, 0.2) is 134 Å². The maximum atomic E-state index is 4.71. The lowest BCUT2D eigenvalue weighted by Gasteiger charge is -2.22. The van der Waals surface area contributed by atoms with Crippen LogP contribution < -0.4 is 0 Å². The van der Waals surface area contributed by atoms with Gasteiger partial charge in [0.1, 0.15) is 6.33 Å². The van der Waals surface area contributed by atoms with Crippen LogP contribution in [0, 0.1) is 0 Å². The SMILES string of the molecule is CC1(C)c2ccccc2-c2cc(-c3c4ccccc4c(-c4ccncn4)c4ccc(-c5ccccc5)cc34)ccc21. The van der Waals surface area contributed by atoms with Gasteiger partial charge in [-0.1, -0.05) is 117 Å². The van der Waals surface area contributed by atoms with Gasteiger partial charge in [0.05, 0.1) is 5.69 Å². The molecule has 7 aromatic rings. The zero-order chi connectivity index (χ0) is 27.6. The first-order chi connectivity index (χ1) is 20.1. The maximum Gasteiger partial charge on any atom is 0.116 e. The van der Waals surface area contributed by atoms with E-state index in [1.165, 1.54) is 66.1 Å². The number of benzene rings is 6. The summed E-state index contributed by atoms with van der Waals surface area (Å²) >= 11 is 0. The molecule has 0 bridgehead atoms. The van der Waals surface area contributed by atoms with Crippen molar-refractivity contribution >= 4 is 21.5 Å². The molecular weight excluding hydrogens is 496 g/mol. The van der Waals surface area contributed by atoms with Crippen LogP contribution >= 0.6 is 0 Å². The highest BCUT2D eigenvalue weighted by Gasteiger charge is 2.35. The molecule has 8 rings (SSSR count). The van der Waals surface area contributed by atoms with E-state index in [4.69, 9.17) is 4.98 Å². The van der Waals surface area contributed by atoms with Gasteiger partial charge < -0.3 is 0 Å². The van der Waals surface area contributed by atoms with Crippen LogP contribution in [0.1, 0.15) is 25.0 Å². The van der Waals surface area contributed by atoms with Crippen LogP contribution in [-0.2, 0) is 5.41 Å². The van der Waals surface area contributed by atoms with Gasteiger partial charge in [0.25, 0.3) is 0 Å². The summed E-state index contributed by atoms with van der Waals surface area (Å²) in [7, 11) is 0. The van der Waals surface area contributed by atoms with Crippen molar-refractivity contribution in [3.63, 3.8) is 0 Å². The fourth-order valence-corrected chi connectivity index (χ4v) is 6.89. The molecule has 6 aromatic carbocycles. The minimum absolute atomic E-state index is 0.0219. The van der Waals surface area contributed by atoms with Gasteiger partial charge in [-0.3, -0.25) is 0 Å². The summed E-state index contributed by atoms with van der Waals surface area (Å²) < 4.78 is 0. The summed E-state index contributed by atoms with van der Waals surface area (Å²) in [6.45, 7) is 4.68. The van der Waals surface area contributed by atoms with Gasteiger partial charge in [-0.2, -0.15) is 0 Å². The van der Waals surface area contributed by atoms with Crippen molar-refractivity contribution in [3.05, 3.63) is 145 Å². The average molecular weight is 525 g/mol. The molecule has 0 unspecified atom stereocenters. The van der Waals surface area contributed by atoms with Gasteiger partial charge in [-0.05, 0) is 84.3 Å². The molecule has 0 amide bonds. The smallest absolute Gasteiger partial charge is 0.116 e. The monoisotopic (exact) mass is 524 g/mol. The number of hydrogen-bond acceptors (Lipinski definition) is 2. The molecule has 2 heteroatoms. The van der Waals surface area contributed by atoms with E-state index in [2.05, 4.69) is 134 Å². The second-order valence-electron chi connectivity index (χ2n) is 11.4. The van der Waals surface area contributed by atoms with E-state index in [1.807, 2.05) is 12.3 Å². The van der Waals surface area contributed by atoms with Gasteiger partial charge in [0.2, 0.25) is 0 Å². The molecule has 0 saturated carbocycles. The molecule has 194 valence electrons. The highest BCUT2D eigenvalue weighted by Crippen LogP contribution is 2.51. The van der Waals surface area contributed by atoms with Crippen LogP contribution in [0.5, 0.6) is 0 Å². The molecular formula is C39H28N2. The predicted molar refractivity (Wildman–Crippen MR) is 171 cm³/mol. The van der Waals surface area contributed by atoms with E-state index in [-0.39, 0.29) is 5.41 Å². The van der Waals surface area contributed by atoms with Crippen LogP contribution in [0.4, 0.5) is 0 Å². The molecule has 1 aliphatic carbocycles. The summed E-state index contributed by atoms with van der Waals surface area (Å²) in [5.41, 5.74) is 12.4. The van der Waals surface area contributed by atoms with E-state index in [9.17, 15) is 0 Å². The van der Waals surface area contributed by atoms with Gasteiger partial charge in [-0.15, -0.1) is 0 Å². The molecule has 0 aliphatic heterocycles. The fraction of sp³-hybridized carbons (Fsp3) is 0.0769. The van der Waals surface area contributed by atoms with Crippen molar-refractivity contribution in [2.24, 2.45) is 0 Å². The zero-order valence-electron chi connectivity index (χ0n) is 23.1. The predicted octanol–water partition coefficient (Wildman–Crippen LogP) is 10.1. The minimum Gasteiger partial charge on any atom is -0.245 e. The number of hydrogen-bond donors (Lipinski definition) is 0. The number of aromatic nitrogens is 2. The molecule has 0 spiro atoms. The lowest BCUT2D eigenvalue weighted by Crippen LogP contribution is -2.14. The number of rotatable bonds is 3. The Bertz CT molecular complexity index is 2110. The molecule has 0 atom stereocenters. The van der Waals surface area contributed by atoms with Gasteiger partial charge in [0.15, 0.2) is 0 Å². The van der Waals surface area contributed by atoms with E-state index >= 15 is 0 Å². The van der Waals surface area contributed by atoms with Crippen molar-refractivity contribution in [2.75, 3.05) is 0 Å². The third-order valence-electron chi connectivity index (χ3n) is 8.84. The van der Waals surface area contributed by atoms with E-state index in [0.717, 1.165) is 11.3 Å². The summed E-state index contributed by atoms with van der Waals surface area (Å²) in [4.78, 5) is 8.91. The van der Waals surface area contributed by atoms with E-state index < -0.39 is 0 Å².